The topological polar surface area (TPSA) is 55.4 Å². The molecule has 1 N–H and O–H groups in total. The first kappa shape index (κ1) is 15.3. The number of ether oxygens (including phenoxy) is 1. The van der Waals surface area contributed by atoms with Gasteiger partial charge in [-0.3, -0.25) is 9.59 Å². The van der Waals surface area contributed by atoms with Gasteiger partial charge in [-0.15, -0.1) is 0 Å². The Bertz CT molecular complexity index is 389. The highest BCUT2D eigenvalue weighted by Gasteiger charge is 2.54. The van der Waals surface area contributed by atoms with Crippen LogP contribution in [0.3, 0.4) is 0 Å². The number of carbonyl (C=O) groups excluding carboxylic acids is 2. The summed E-state index contributed by atoms with van der Waals surface area (Å²) in [6.45, 7) is 8.51. The van der Waals surface area contributed by atoms with Gasteiger partial charge in [-0.2, -0.15) is 0 Å². The van der Waals surface area contributed by atoms with Crippen LogP contribution in [0.5, 0.6) is 0 Å². The number of nitrogens with one attached hydrogen (secondary N) is 1. The summed E-state index contributed by atoms with van der Waals surface area (Å²) in [5, 5.41) is 3.01. The molecule has 2 fully saturated rings. The van der Waals surface area contributed by atoms with Crippen LogP contribution in [0.2, 0.25) is 0 Å². The molecule has 0 saturated heterocycles. The second kappa shape index (κ2) is 5.38. The van der Waals surface area contributed by atoms with Gasteiger partial charge < -0.3 is 10.1 Å². The zero-order valence-electron chi connectivity index (χ0n) is 13.1. The van der Waals surface area contributed by atoms with E-state index in [0.717, 1.165) is 12.5 Å². The van der Waals surface area contributed by atoms with E-state index in [1.807, 2.05) is 20.8 Å². The van der Waals surface area contributed by atoms with Gasteiger partial charge in [-0.25, -0.2) is 0 Å². The number of rotatable bonds is 6. The summed E-state index contributed by atoms with van der Waals surface area (Å²) in [5.41, 5.74) is -0.0701. The van der Waals surface area contributed by atoms with Gasteiger partial charge in [0, 0.05) is 6.54 Å². The van der Waals surface area contributed by atoms with Gasteiger partial charge in [0.25, 0.3) is 0 Å². The number of esters is 1. The van der Waals surface area contributed by atoms with Crippen LogP contribution in [0.4, 0.5) is 0 Å². The predicted octanol–water partition coefficient (Wildman–Crippen LogP) is 2.52. The molecular weight excluding hydrogens is 254 g/mol. The van der Waals surface area contributed by atoms with E-state index < -0.39 is 17.3 Å². The first-order valence-electron chi connectivity index (χ1n) is 7.74. The van der Waals surface area contributed by atoms with Crippen LogP contribution in [-0.4, -0.2) is 25.0 Å². The Hall–Kier alpha value is -1.06. The lowest BCUT2D eigenvalue weighted by atomic mass is 9.80. The van der Waals surface area contributed by atoms with E-state index in [2.05, 4.69) is 5.32 Å². The predicted molar refractivity (Wildman–Crippen MR) is 77.0 cm³/mol. The minimum Gasteiger partial charge on any atom is -0.465 e. The fourth-order valence-corrected chi connectivity index (χ4v) is 3.03. The third-order valence-electron chi connectivity index (χ3n) is 4.60. The van der Waals surface area contributed by atoms with Gasteiger partial charge in [0.05, 0.1) is 6.61 Å². The van der Waals surface area contributed by atoms with Crippen molar-refractivity contribution in [3.05, 3.63) is 0 Å². The summed E-state index contributed by atoms with van der Waals surface area (Å²) < 4.78 is 5.06. The maximum Gasteiger partial charge on any atom is 0.319 e. The fraction of sp³-hybridized carbons (Fsp3) is 0.875. The molecule has 2 rings (SSSR count). The molecule has 2 aliphatic rings. The van der Waals surface area contributed by atoms with Gasteiger partial charge in [0.1, 0.15) is 5.92 Å². The van der Waals surface area contributed by atoms with Crippen LogP contribution in [0.15, 0.2) is 0 Å². The molecule has 0 heterocycles. The molecule has 1 amide bonds. The molecule has 2 aliphatic carbocycles. The van der Waals surface area contributed by atoms with Crippen LogP contribution < -0.4 is 5.32 Å². The summed E-state index contributed by atoms with van der Waals surface area (Å²) in [6.07, 6.45) is 5.04. The molecule has 114 valence electrons. The second-order valence-electron chi connectivity index (χ2n) is 7.41. The highest BCUT2D eigenvalue weighted by atomic mass is 16.5. The van der Waals surface area contributed by atoms with E-state index >= 15 is 0 Å². The molecule has 0 radical (unpaired) electrons. The Kier molecular flexibility index (Phi) is 4.12. The van der Waals surface area contributed by atoms with Gasteiger partial charge in [-0.05, 0) is 49.4 Å². The SMILES string of the molecule is CCOC(=O)C(C(=O)NCC1(C2CC2)CC1)C(C)(C)C. The molecule has 0 aromatic carbocycles. The van der Waals surface area contributed by atoms with Crippen molar-refractivity contribution in [3.8, 4) is 0 Å². The summed E-state index contributed by atoms with van der Waals surface area (Å²) in [7, 11) is 0. The van der Waals surface area contributed by atoms with E-state index in [4.69, 9.17) is 4.74 Å². The smallest absolute Gasteiger partial charge is 0.319 e. The standard InChI is InChI=1S/C16H27NO3/c1-5-20-14(19)12(15(2,3)4)13(18)17-10-16(8-9-16)11-6-7-11/h11-12H,5-10H2,1-4H3,(H,17,18). The Morgan fingerprint density at radius 1 is 1.30 bits per heavy atom. The normalized spacial score (nSPS) is 22.0. The molecule has 0 aromatic heterocycles. The van der Waals surface area contributed by atoms with Crippen molar-refractivity contribution in [3.63, 3.8) is 0 Å². The van der Waals surface area contributed by atoms with E-state index in [9.17, 15) is 9.59 Å². The van der Waals surface area contributed by atoms with Crippen LogP contribution in [0.25, 0.3) is 0 Å². The Labute approximate surface area is 121 Å². The third-order valence-corrected chi connectivity index (χ3v) is 4.60. The van der Waals surface area contributed by atoms with Crippen LogP contribution >= 0.6 is 0 Å². The first-order chi connectivity index (χ1) is 9.30. The Balaban J connectivity index is 1.94. The fourth-order valence-electron chi connectivity index (χ4n) is 3.03. The maximum atomic E-state index is 12.4. The van der Waals surface area contributed by atoms with E-state index in [0.29, 0.717) is 12.0 Å². The second-order valence-corrected chi connectivity index (χ2v) is 7.41. The van der Waals surface area contributed by atoms with Crippen LogP contribution in [0.1, 0.15) is 53.4 Å². The minimum atomic E-state index is -0.725. The third kappa shape index (κ3) is 3.33. The molecule has 4 heteroatoms. The quantitative estimate of drug-likeness (QED) is 0.601. The molecule has 0 aliphatic heterocycles. The van der Waals surface area contributed by atoms with Gasteiger partial charge in [0.2, 0.25) is 5.91 Å². The van der Waals surface area contributed by atoms with Crippen molar-refractivity contribution >= 4 is 11.9 Å². The molecule has 1 atom stereocenters. The Morgan fingerprint density at radius 3 is 2.30 bits per heavy atom. The van der Waals surface area contributed by atoms with E-state index in [-0.39, 0.29) is 5.91 Å². The van der Waals surface area contributed by atoms with Crippen molar-refractivity contribution in [2.24, 2.45) is 22.7 Å². The maximum absolute atomic E-state index is 12.4. The lowest BCUT2D eigenvalue weighted by Crippen LogP contribution is -2.45. The average molecular weight is 281 g/mol. The number of amides is 1. The van der Waals surface area contributed by atoms with Gasteiger partial charge >= 0.3 is 5.97 Å². The van der Waals surface area contributed by atoms with Crippen LogP contribution in [-0.2, 0) is 14.3 Å². The molecule has 0 aromatic rings. The number of hydrogen-bond donors (Lipinski definition) is 1. The Morgan fingerprint density at radius 2 is 1.90 bits per heavy atom. The summed E-state index contributed by atoms with van der Waals surface area (Å²) >= 11 is 0. The molecule has 2 saturated carbocycles. The van der Waals surface area contributed by atoms with Gasteiger partial charge in [0.15, 0.2) is 0 Å². The van der Waals surface area contributed by atoms with Crippen molar-refractivity contribution in [1.82, 2.24) is 5.32 Å². The lowest BCUT2D eigenvalue weighted by Gasteiger charge is -2.28. The highest BCUT2D eigenvalue weighted by molar-refractivity contribution is 5.98. The lowest BCUT2D eigenvalue weighted by molar-refractivity contribution is -0.156. The molecule has 20 heavy (non-hydrogen) atoms. The first-order valence-corrected chi connectivity index (χ1v) is 7.74. The zero-order chi connectivity index (χ0) is 15.0. The summed E-state index contributed by atoms with van der Waals surface area (Å²) in [4.78, 5) is 24.4. The average Bonchev–Trinajstić information content (AvgIpc) is 3.17. The highest BCUT2D eigenvalue weighted by Crippen LogP contribution is 2.60. The van der Waals surface area contributed by atoms with Crippen molar-refractivity contribution < 1.29 is 14.3 Å². The van der Waals surface area contributed by atoms with Crippen molar-refractivity contribution in [2.45, 2.75) is 53.4 Å². The van der Waals surface area contributed by atoms with Gasteiger partial charge in [-0.1, -0.05) is 20.8 Å². The zero-order valence-corrected chi connectivity index (χ0v) is 13.1. The molecule has 0 bridgehead atoms. The number of hydrogen-bond acceptors (Lipinski definition) is 3. The summed E-state index contributed by atoms with van der Waals surface area (Å²) in [6, 6.07) is 0. The molecule has 1 unspecified atom stereocenters. The minimum absolute atomic E-state index is 0.178. The van der Waals surface area contributed by atoms with Crippen molar-refractivity contribution in [2.75, 3.05) is 13.2 Å². The molecular formula is C16H27NO3. The molecule has 0 spiro atoms. The van der Waals surface area contributed by atoms with E-state index in [1.165, 1.54) is 25.7 Å². The van der Waals surface area contributed by atoms with Crippen LogP contribution in [0, 0.1) is 22.7 Å². The number of carbonyl (C=O) groups is 2. The summed E-state index contributed by atoms with van der Waals surface area (Å²) in [5.74, 6) is -0.507. The van der Waals surface area contributed by atoms with Crippen molar-refractivity contribution in [1.29, 1.82) is 0 Å². The molecule has 4 nitrogen and oxygen atoms in total. The monoisotopic (exact) mass is 281 g/mol. The van der Waals surface area contributed by atoms with E-state index in [1.54, 1.807) is 6.92 Å². The largest absolute Gasteiger partial charge is 0.465 e.